The van der Waals surface area contributed by atoms with Crippen molar-refractivity contribution in [2.75, 3.05) is 0 Å². The molecule has 0 unspecified atom stereocenters. The first-order valence-electron chi connectivity index (χ1n) is 7.68. The number of nitrogens with zero attached hydrogens (tertiary/aromatic N) is 1. The third kappa shape index (κ3) is 3.80. The molecular weight excluding hydrogens is 338 g/mol. The van der Waals surface area contributed by atoms with Gasteiger partial charge in [0.1, 0.15) is 11.5 Å². The van der Waals surface area contributed by atoms with Gasteiger partial charge in [0.15, 0.2) is 0 Å². The molecular formula is C20H16ClNO3. The number of hydrogen-bond donors (Lipinski definition) is 1. The minimum absolute atomic E-state index is 0.256. The number of carbonyl (C=O) groups is 1. The summed E-state index contributed by atoms with van der Waals surface area (Å²) >= 11 is 6.00. The first kappa shape index (κ1) is 17.0. The van der Waals surface area contributed by atoms with Crippen molar-refractivity contribution in [2.45, 2.75) is 13.8 Å². The van der Waals surface area contributed by atoms with Crippen molar-refractivity contribution < 1.29 is 14.3 Å². The minimum atomic E-state index is -0.946. The normalized spacial score (nSPS) is 11.2. The van der Waals surface area contributed by atoms with Crippen LogP contribution in [0.4, 0.5) is 5.69 Å². The topological polar surface area (TPSA) is 62.8 Å². The molecule has 1 N–H and O–H groups in total. The molecule has 2 aromatic carbocycles. The zero-order valence-electron chi connectivity index (χ0n) is 13.8. The van der Waals surface area contributed by atoms with Crippen LogP contribution in [0.3, 0.4) is 0 Å². The second-order valence-corrected chi connectivity index (χ2v) is 6.16. The number of rotatable bonds is 4. The van der Waals surface area contributed by atoms with E-state index in [0.717, 1.165) is 22.4 Å². The summed E-state index contributed by atoms with van der Waals surface area (Å²) in [5, 5.41) is 9.68. The molecule has 0 saturated heterocycles. The van der Waals surface area contributed by atoms with Gasteiger partial charge in [-0.25, -0.2) is 4.79 Å². The fourth-order valence-corrected chi connectivity index (χ4v) is 2.66. The number of carboxylic acids is 1. The van der Waals surface area contributed by atoms with Crippen molar-refractivity contribution >= 4 is 29.5 Å². The molecule has 1 aromatic heterocycles. The van der Waals surface area contributed by atoms with Crippen LogP contribution >= 0.6 is 11.6 Å². The van der Waals surface area contributed by atoms with Gasteiger partial charge >= 0.3 is 5.97 Å². The maximum Gasteiger partial charge on any atom is 0.335 e. The molecule has 0 amide bonds. The summed E-state index contributed by atoms with van der Waals surface area (Å²) in [4.78, 5) is 15.4. The molecule has 0 aliphatic heterocycles. The van der Waals surface area contributed by atoms with Crippen LogP contribution in [0.5, 0.6) is 0 Å². The smallest absolute Gasteiger partial charge is 0.335 e. The van der Waals surface area contributed by atoms with E-state index in [-0.39, 0.29) is 5.56 Å². The van der Waals surface area contributed by atoms with Gasteiger partial charge < -0.3 is 9.52 Å². The Morgan fingerprint density at radius 2 is 1.88 bits per heavy atom. The highest BCUT2D eigenvalue weighted by atomic mass is 35.5. The molecule has 0 saturated carbocycles. The van der Waals surface area contributed by atoms with Crippen molar-refractivity contribution in [1.82, 2.24) is 0 Å². The van der Waals surface area contributed by atoms with Crippen molar-refractivity contribution in [1.29, 1.82) is 0 Å². The van der Waals surface area contributed by atoms with E-state index in [4.69, 9.17) is 21.1 Å². The second-order valence-electron chi connectivity index (χ2n) is 5.73. The van der Waals surface area contributed by atoms with Crippen LogP contribution in [0.2, 0.25) is 5.02 Å². The summed E-state index contributed by atoms with van der Waals surface area (Å²) in [6.07, 6.45) is 1.64. The lowest BCUT2D eigenvalue weighted by Crippen LogP contribution is -1.96. The molecule has 126 valence electrons. The summed E-state index contributed by atoms with van der Waals surface area (Å²) in [5.74, 6) is 0.327. The highest BCUT2D eigenvalue weighted by Crippen LogP contribution is 2.27. The average Bonchev–Trinajstić information content (AvgIpc) is 3.04. The van der Waals surface area contributed by atoms with Crippen LogP contribution in [0, 0.1) is 13.8 Å². The Bertz CT molecular complexity index is 973. The number of benzene rings is 2. The fraction of sp³-hybridized carbons (Fsp3) is 0.100. The van der Waals surface area contributed by atoms with Crippen LogP contribution in [-0.2, 0) is 0 Å². The van der Waals surface area contributed by atoms with Crippen molar-refractivity contribution in [3.63, 3.8) is 0 Å². The lowest BCUT2D eigenvalue weighted by Gasteiger charge is -2.04. The third-order valence-electron chi connectivity index (χ3n) is 3.87. The van der Waals surface area contributed by atoms with Crippen molar-refractivity contribution in [3.05, 3.63) is 76.0 Å². The van der Waals surface area contributed by atoms with Crippen molar-refractivity contribution in [2.24, 2.45) is 4.99 Å². The number of furan rings is 1. The van der Waals surface area contributed by atoms with Gasteiger partial charge in [-0.15, -0.1) is 0 Å². The Hall–Kier alpha value is -2.85. The SMILES string of the molecule is Cc1ccc(Cl)cc1N=Cc1ccc(-c2ccc(C(=O)O)cc2C)o1. The summed E-state index contributed by atoms with van der Waals surface area (Å²) < 4.78 is 5.81. The monoisotopic (exact) mass is 353 g/mol. The Kier molecular flexibility index (Phi) is 4.72. The standard InChI is InChI=1S/C20H16ClNO3/c1-12-3-5-15(21)10-18(12)22-11-16-6-8-19(25-16)17-7-4-14(20(23)24)9-13(17)2/h3-11H,1-2H3,(H,23,24). The number of hydrogen-bond acceptors (Lipinski definition) is 3. The Morgan fingerprint density at radius 1 is 1.08 bits per heavy atom. The van der Waals surface area contributed by atoms with E-state index in [1.807, 2.05) is 38.1 Å². The van der Waals surface area contributed by atoms with Crippen LogP contribution in [0.1, 0.15) is 27.2 Å². The van der Waals surface area contributed by atoms with E-state index < -0.39 is 5.97 Å². The first-order chi connectivity index (χ1) is 11.9. The number of carboxylic acid groups (broad SMARTS) is 1. The van der Waals surface area contributed by atoms with Gasteiger partial charge in [0.25, 0.3) is 0 Å². The van der Waals surface area contributed by atoms with Gasteiger partial charge in [0, 0.05) is 10.6 Å². The van der Waals surface area contributed by atoms with E-state index >= 15 is 0 Å². The molecule has 0 aliphatic carbocycles. The Morgan fingerprint density at radius 3 is 2.60 bits per heavy atom. The van der Waals surface area contributed by atoms with Crippen LogP contribution < -0.4 is 0 Å². The summed E-state index contributed by atoms with van der Waals surface area (Å²) in [6, 6.07) is 14.1. The Balaban J connectivity index is 1.87. The zero-order chi connectivity index (χ0) is 18.0. The predicted octanol–water partition coefficient (Wildman–Crippen LogP) is 5.67. The van der Waals surface area contributed by atoms with Gasteiger partial charge in [-0.1, -0.05) is 23.7 Å². The van der Waals surface area contributed by atoms with Gasteiger partial charge in [0.05, 0.1) is 17.5 Å². The van der Waals surface area contributed by atoms with Gasteiger partial charge in [-0.3, -0.25) is 4.99 Å². The third-order valence-corrected chi connectivity index (χ3v) is 4.10. The maximum atomic E-state index is 11.0. The van der Waals surface area contributed by atoms with E-state index in [0.29, 0.717) is 16.5 Å². The molecule has 1 heterocycles. The number of aryl methyl sites for hydroxylation is 2. The molecule has 0 aliphatic rings. The quantitative estimate of drug-likeness (QED) is 0.615. The van der Waals surface area contributed by atoms with E-state index in [1.54, 1.807) is 30.5 Å². The summed E-state index contributed by atoms with van der Waals surface area (Å²) in [5.41, 5.74) is 3.75. The number of aromatic carboxylic acids is 1. The highest BCUT2D eigenvalue weighted by molar-refractivity contribution is 6.30. The molecule has 0 atom stereocenters. The molecule has 4 nitrogen and oxygen atoms in total. The fourth-order valence-electron chi connectivity index (χ4n) is 2.49. The van der Waals surface area contributed by atoms with Gasteiger partial charge in [-0.2, -0.15) is 0 Å². The largest absolute Gasteiger partial charge is 0.478 e. The molecule has 25 heavy (non-hydrogen) atoms. The Labute approximate surface area is 150 Å². The molecule has 0 radical (unpaired) electrons. The predicted molar refractivity (Wildman–Crippen MR) is 99.3 cm³/mol. The summed E-state index contributed by atoms with van der Waals surface area (Å²) in [7, 11) is 0. The molecule has 0 bridgehead atoms. The van der Waals surface area contributed by atoms with Gasteiger partial charge in [0.2, 0.25) is 0 Å². The van der Waals surface area contributed by atoms with Crippen LogP contribution in [0.15, 0.2) is 57.9 Å². The highest BCUT2D eigenvalue weighted by Gasteiger charge is 2.10. The number of aliphatic imine (C=N–C) groups is 1. The number of halogens is 1. The molecule has 3 rings (SSSR count). The maximum absolute atomic E-state index is 11.0. The van der Waals surface area contributed by atoms with Gasteiger partial charge in [-0.05, 0) is 61.4 Å². The lowest BCUT2D eigenvalue weighted by atomic mass is 10.0. The summed E-state index contributed by atoms with van der Waals surface area (Å²) in [6.45, 7) is 3.82. The van der Waals surface area contributed by atoms with Crippen LogP contribution in [-0.4, -0.2) is 17.3 Å². The molecule has 0 fully saturated rings. The molecule has 5 heteroatoms. The van der Waals surface area contributed by atoms with Crippen LogP contribution in [0.25, 0.3) is 11.3 Å². The zero-order valence-corrected chi connectivity index (χ0v) is 14.5. The van der Waals surface area contributed by atoms with Crippen molar-refractivity contribution in [3.8, 4) is 11.3 Å². The average molecular weight is 354 g/mol. The minimum Gasteiger partial charge on any atom is -0.478 e. The second kappa shape index (κ2) is 6.95. The lowest BCUT2D eigenvalue weighted by molar-refractivity contribution is 0.0697. The molecule has 0 spiro atoms. The van der Waals surface area contributed by atoms with E-state index in [9.17, 15) is 4.79 Å². The molecule has 3 aromatic rings. The van der Waals surface area contributed by atoms with E-state index in [2.05, 4.69) is 4.99 Å². The van der Waals surface area contributed by atoms with E-state index in [1.165, 1.54) is 0 Å². The first-order valence-corrected chi connectivity index (χ1v) is 8.06.